The molecule has 1 aliphatic rings. The van der Waals surface area contributed by atoms with Crippen LogP contribution in [0.5, 0.6) is 0 Å². The van der Waals surface area contributed by atoms with Crippen molar-refractivity contribution in [1.29, 1.82) is 0 Å². The predicted octanol–water partition coefficient (Wildman–Crippen LogP) is 2.27. The van der Waals surface area contributed by atoms with Gasteiger partial charge in [-0.2, -0.15) is 0 Å². The Bertz CT molecular complexity index is 371. The van der Waals surface area contributed by atoms with Gasteiger partial charge in [0.15, 0.2) is 0 Å². The van der Waals surface area contributed by atoms with Crippen molar-refractivity contribution in [1.82, 2.24) is 10.6 Å². The summed E-state index contributed by atoms with van der Waals surface area (Å²) in [6.45, 7) is 8.91. The minimum atomic E-state index is 0.306. The van der Waals surface area contributed by atoms with Gasteiger partial charge in [-0.25, -0.2) is 0 Å². The van der Waals surface area contributed by atoms with Gasteiger partial charge in [-0.3, -0.25) is 0 Å². The second kappa shape index (κ2) is 5.19. The monoisotopic (exact) mass is 232 g/mol. The number of hydrogen-bond acceptors (Lipinski definition) is 2. The van der Waals surface area contributed by atoms with Gasteiger partial charge in [0.25, 0.3) is 0 Å². The van der Waals surface area contributed by atoms with Crippen LogP contribution in [0.4, 0.5) is 0 Å². The molecule has 1 fully saturated rings. The third kappa shape index (κ3) is 3.55. The number of nitrogens with one attached hydrogen (secondary N) is 2. The Morgan fingerprint density at radius 1 is 1.35 bits per heavy atom. The number of benzene rings is 1. The second-order valence-corrected chi connectivity index (χ2v) is 5.80. The van der Waals surface area contributed by atoms with E-state index in [1.165, 1.54) is 17.5 Å². The predicted molar refractivity (Wildman–Crippen MR) is 73.4 cm³/mol. The molecule has 0 bridgehead atoms. The van der Waals surface area contributed by atoms with Crippen LogP contribution in [-0.2, 0) is 6.42 Å². The number of aryl methyl sites for hydroxylation is 1. The Morgan fingerprint density at radius 3 is 2.76 bits per heavy atom. The van der Waals surface area contributed by atoms with Gasteiger partial charge in [-0.15, -0.1) is 0 Å². The fourth-order valence-electron chi connectivity index (χ4n) is 2.61. The van der Waals surface area contributed by atoms with Crippen LogP contribution in [0.2, 0.25) is 0 Å². The molecule has 0 radical (unpaired) electrons. The minimum absolute atomic E-state index is 0.306. The molecule has 1 heterocycles. The average molecular weight is 232 g/mol. The molecule has 0 aromatic heterocycles. The van der Waals surface area contributed by atoms with Crippen LogP contribution in [-0.4, -0.2) is 24.7 Å². The SMILES string of the molecule is Cc1ccccc1CCNC1CNC(C)(C)C1. The molecule has 17 heavy (non-hydrogen) atoms. The van der Waals surface area contributed by atoms with Crippen molar-refractivity contribution in [2.45, 2.75) is 45.2 Å². The van der Waals surface area contributed by atoms with Crippen LogP contribution >= 0.6 is 0 Å². The van der Waals surface area contributed by atoms with E-state index in [4.69, 9.17) is 0 Å². The Hall–Kier alpha value is -0.860. The van der Waals surface area contributed by atoms with Gasteiger partial charge in [-0.1, -0.05) is 24.3 Å². The highest BCUT2D eigenvalue weighted by Gasteiger charge is 2.29. The Morgan fingerprint density at radius 2 is 2.12 bits per heavy atom. The van der Waals surface area contributed by atoms with E-state index in [2.05, 4.69) is 55.7 Å². The summed E-state index contributed by atoms with van der Waals surface area (Å²) in [5.41, 5.74) is 3.17. The highest BCUT2D eigenvalue weighted by atomic mass is 15.1. The van der Waals surface area contributed by atoms with E-state index in [1.807, 2.05) is 0 Å². The van der Waals surface area contributed by atoms with Crippen molar-refractivity contribution in [3.05, 3.63) is 35.4 Å². The topological polar surface area (TPSA) is 24.1 Å². The van der Waals surface area contributed by atoms with Gasteiger partial charge in [-0.05, 0) is 51.3 Å². The molecule has 1 atom stereocenters. The van der Waals surface area contributed by atoms with E-state index in [0.29, 0.717) is 11.6 Å². The van der Waals surface area contributed by atoms with Crippen LogP contribution in [0.1, 0.15) is 31.4 Å². The molecule has 1 aromatic rings. The van der Waals surface area contributed by atoms with Crippen molar-refractivity contribution in [2.24, 2.45) is 0 Å². The molecule has 0 saturated carbocycles. The molecular formula is C15H24N2. The zero-order valence-corrected chi connectivity index (χ0v) is 11.2. The summed E-state index contributed by atoms with van der Waals surface area (Å²) in [7, 11) is 0. The first-order chi connectivity index (χ1) is 8.07. The lowest BCUT2D eigenvalue weighted by molar-refractivity contribution is 0.443. The maximum Gasteiger partial charge on any atom is 0.0210 e. The van der Waals surface area contributed by atoms with Gasteiger partial charge < -0.3 is 10.6 Å². The van der Waals surface area contributed by atoms with E-state index in [1.54, 1.807) is 0 Å². The van der Waals surface area contributed by atoms with Gasteiger partial charge in [0.1, 0.15) is 0 Å². The first-order valence-electron chi connectivity index (χ1n) is 6.60. The summed E-state index contributed by atoms with van der Waals surface area (Å²) >= 11 is 0. The lowest BCUT2D eigenvalue weighted by Crippen LogP contribution is -2.32. The fourth-order valence-corrected chi connectivity index (χ4v) is 2.61. The molecule has 1 unspecified atom stereocenters. The van der Waals surface area contributed by atoms with Gasteiger partial charge in [0, 0.05) is 18.1 Å². The Balaban J connectivity index is 1.76. The quantitative estimate of drug-likeness (QED) is 0.832. The highest BCUT2D eigenvalue weighted by Crippen LogP contribution is 2.17. The molecule has 94 valence electrons. The van der Waals surface area contributed by atoms with Crippen LogP contribution < -0.4 is 10.6 Å². The van der Waals surface area contributed by atoms with E-state index in [9.17, 15) is 0 Å². The van der Waals surface area contributed by atoms with Crippen LogP contribution in [0, 0.1) is 6.92 Å². The summed E-state index contributed by atoms with van der Waals surface area (Å²) in [5, 5.41) is 7.19. The maximum absolute atomic E-state index is 3.65. The van der Waals surface area contributed by atoms with Gasteiger partial charge in [0.2, 0.25) is 0 Å². The van der Waals surface area contributed by atoms with Crippen molar-refractivity contribution < 1.29 is 0 Å². The molecular weight excluding hydrogens is 208 g/mol. The van der Waals surface area contributed by atoms with Crippen molar-refractivity contribution >= 4 is 0 Å². The maximum atomic E-state index is 3.65. The molecule has 2 N–H and O–H groups in total. The Labute approximate surface area is 105 Å². The third-order valence-electron chi connectivity index (χ3n) is 3.67. The largest absolute Gasteiger partial charge is 0.312 e. The summed E-state index contributed by atoms with van der Waals surface area (Å²) in [5.74, 6) is 0. The molecule has 2 nitrogen and oxygen atoms in total. The van der Waals surface area contributed by atoms with Gasteiger partial charge >= 0.3 is 0 Å². The van der Waals surface area contributed by atoms with Crippen molar-refractivity contribution in [3.63, 3.8) is 0 Å². The second-order valence-electron chi connectivity index (χ2n) is 5.80. The van der Waals surface area contributed by atoms with Gasteiger partial charge in [0.05, 0.1) is 0 Å². The molecule has 2 heteroatoms. The van der Waals surface area contributed by atoms with E-state index >= 15 is 0 Å². The molecule has 0 amide bonds. The van der Waals surface area contributed by atoms with Crippen LogP contribution in [0.25, 0.3) is 0 Å². The normalized spacial score (nSPS) is 22.9. The molecule has 1 saturated heterocycles. The summed E-state index contributed by atoms with van der Waals surface area (Å²) in [4.78, 5) is 0. The zero-order valence-electron chi connectivity index (χ0n) is 11.2. The Kier molecular flexibility index (Phi) is 3.85. The lowest BCUT2D eigenvalue weighted by atomic mass is 10.0. The zero-order chi connectivity index (χ0) is 12.3. The summed E-state index contributed by atoms with van der Waals surface area (Å²) in [6, 6.07) is 9.29. The third-order valence-corrected chi connectivity index (χ3v) is 3.67. The number of rotatable bonds is 4. The smallest absolute Gasteiger partial charge is 0.0210 e. The van der Waals surface area contributed by atoms with E-state index < -0.39 is 0 Å². The summed E-state index contributed by atoms with van der Waals surface area (Å²) in [6.07, 6.45) is 2.35. The minimum Gasteiger partial charge on any atom is -0.312 e. The average Bonchev–Trinajstić information content (AvgIpc) is 2.61. The van der Waals surface area contributed by atoms with Crippen molar-refractivity contribution in [2.75, 3.05) is 13.1 Å². The van der Waals surface area contributed by atoms with E-state index in [-0.39, 0.29) is 0 Å². The molecule has 2 rings (SSSR count). The lowest BCUT2D eigenvalue weighted by Gasteiger charge is -2.17. The van der Waals surface area contributed by atoms with Crippen molar-refractivity contribution in [3.8, 4) is 0 Å². The first-order valence-corrected chi connectivity index (χ1v) is 6.60. The fraction of sp³-hybridized carbons (Fsp3) is 0.600. The highest BCUT2D eigenvalue weighted by molar-refractivity contribution is 5.25. The first kappa shape index (κ1) is 12.6. The number of hydrogen-bond donors (Lipinski definition) is 2. The molecule has 0 aliphatic carbocycles. The van der Waals surface area contributed by atoms with E-state index in [0.717, 1.165) is 19.5 Å². The molecule has 0 spiro atoms. The molecule has 1 aliphatic heterocycles. The standard InChI is InChI=1S/C15H24N2/c1-12-6-4-5-7-13(12)8-9-16-14-10-15(2,3)17-11-14/h4-7,14,16-17H,8-11H2,1-3H3. The van der Waals surface area contributed by atoms with Crippen LogP contribution in [0.15, 0.2) is 24.3 Å². The van der Waals surface area contributed by atoms with Crippen LogP contribution in [0.3, 0.4) is 0 Å². The molecule has 1 aromatic carbocycles. The summed E-state index contributed by atoms with van der Waals surface area (Å²) < 4.78 is 0.